The maximum Gasteiger partial charge on any atom is 0.155 e. The molecule has 2 fully saturated rings. The first-order valence-corrected chi connectivity index (χ1v) is 14.3. The summed E-state index contributed by atoms with van der Waals surface area (Å²) < 4.78 is 22.4. The molecule has 2 saturated heterocycles. The zero-order chi connectivity index (χ0) is 29.1. The molecule has 2 aliphatic heterocycles. The van der Waals surface area contributed by atoms with Crippen molar-refractivity contribution in [1.82, 2.24) is 9.97 Å². The smallest absolute Gasteiger partial charge is 0.155 e. The number of benzene rings is 1. The summed E-state index contributed by atoms with van der Waals surface area (Å²) in [6.45, 7) is 6.22. The Hall–Kier alpha value is -3.11. The third kappa shape index (κ3) is 6.09. The van der Waals surface area contributed by atoms with E-state index in [1.54, 1.807) is 27.4 Å². The lowest BCUT2D eigenvalue weighted by Gasteiger charge is -2.32. The highest BCUT2D eigenvalue weighted by Gasteiger charge is 2.29. The Morgan fingerprint density at radius 1 is 1.17 bits per heavy atom. The van der Waals surface area contributed by atoms with Crippen molar-refractivity contribution < 1.29 is 23.7 Å². The van der Waals surface area contributed by atoms with Crippen LogP contribution in [0.2, 0.25) is 10.0 Å². The maximum atomic E-state index is 12.1. The van der Waals surface area contributed by atoms with Gasteiger partial charge in [0.25, 0.3) is 0 Å². The normalized spacial score (nSPS) is 20.7. The Morgan fingerprint density at radius 3 is 2.59 bits per heavy atom. The van der Waals surface area contributed by atoms with Gasteiger partial charge in [0.2, 0.25) is 0 Å². The number of pyridine rings is 2. The van der Waals surface area contributed by atoms with Gasteiger partial charge in [0.15, 0.2) is 5.78 Å². The van der Waals surface area contributed by atoms with Crippen LogP contribution >= 0.6 is 23.2 Å². The molecule has 0 spiro atoms. The van der Waals surface area contributed by atoms with Crippen LogP contribution in [0.25, 0.3) is 22.0 Å². The molecule has 2 aliphatic rings. The largest absolute Gasteiger partial charge is 0.495 e. The predicted octanol–water partition coefficient (Wildman–Crippen LogP) is 5.81. The number of ketones is 1. The van der Waals surface area contributed by atoms with E-state index < -0.39 is 0 Å². The summed E-state index contributed by atoms with van der Waals surface area (Å²) in [5, 5.41) is 5.98. The molecule has 0 radical (unpaired) electrons. The summed E-state index contributed by atoms with van der Waals surface area (Å²) in [4.78, 5) is 24.1. The molecule has 1 unspecified atom stereocenters. The van der Waals surface area contributed by atoms with Crippen LogP contribution in [0, 0.1) is 5.92 Å². The van der Waals surface area contributed by atoms with E-state index in [0.717, 1.165) is 36.0 Å². The monoisotopic (exact) mass is 600 g/mol. The fourth-order valence-electron chi connectivity index (χ4n) is 5.52. The third-order valence-electron chi connectivity index (χ3n) is 7.83. The van der Waals surface area contributed by atoms with E-state index in [9.17, 15) is 4.79 Å². The summed E-state index contributed by atoms with van der Waals surface area (Å²) in [6, 6.07) is 5.52. The minimum absolute atomic E-state index is 0.0300. The molecule has 3 atom stereocenters. The Bertz CT molecular complexity index is 1420. The molecule has 3 aromatic rings. The van der Waals surface area contributed by atoms with Gasteiger partial charge in [0.05, 0.1) is 48.7 Å². The summed E-state index contributed by atoms with van der Waals surface area (Å²) in [5.74, 6) is 2.48. The first-order valence-electron chi connectivity index (χ1n) is 13.5. The van der Waals surface area contributed by atoms with Crippen molar-refractivity contribution in [3.8, 4) is 22.8 Å². The molecule has 5 rings (SSSR count). The molecule has 0 saturated carbocycles. The fourth-order valence-corrected chi connectivity index (χ4v) is 6.21. The van der Waals surface area contributed by atoms with Gasteiger partial charge in [-0.2, -0.15) is 0 Å². The van der Waals surface area contributed by atoms with Gasteiger partial charge in [-0.1, -0.05) is 29.8 Å². The van der Waals surface area contributed by atoms with E-state index in [-0.39, 0.29) is 23.8 Å². The minimum atomic E-state index is -0.0557. The number of fused-ring (bicyclic) bond motifs is 1. The highest BCUT2D eigenvalue weighted by atomic mass is 35.5. The van der Waals surface area contributed by atoms with Gasteiger partial charge in [0, 0.05) is 61.8 Å². The van der Waals surface area contributed by atoms with Crippen molar-refractivity contribution in [2.24, 2.45) is 5.92 Å². The highest BCUT2D eigenvalue weighted by molar-refractivity contribution is 6.41. The molecule has 1 aromatic carbocycles. The average molecular weight is 602 g/mol. The zero-order valence-corrected chi connectivity index (χ0v) is 24.9. The molecule has 218 valence electrons. The van der Waals surface area contributed by atoms with E-state index in [1.165, 1.54) is 6.08 Å². The van der Waals surface area contributed by atoms with Crippen LogP contribution in [-0.2, 0) is 14.3 Å². The topological polar surface area (TPSA) is 95.0 Å². The fraction of sp³-hybridized carbons (Fsp3) is 0.433. The number of hydrogen-bond acceptors (Lipinski definition) is 9. The second-order valence-corrected chi connectivity index (χ2v) is 11.0. The summed E-state index contributed by atoms with van der Waals surface area (Å²) in [7, 11) is 4.81. The number of methoxy groups -OCH3 is 3. The summed E-state index contributed by atoms with van der Waals surface area (Å²) in [6.07, 6.45) is 5.39. The quantitative estimate of drug-likeness (QED) is 0.289. The second kappa shape index (κ2) is 12.8. The molecule has 0 bridgehead atoms. The molecule has 1 N–H and O–H groups in total. The number of halogens is 2. The molecule has 0 aliphatic carbocycles. The second-order valence-electron chi connectivity index (χ2n) is 10.2. The molecule has 4 heterocycles. The summed E-state index contributed by atoms with van der Waals surface area (Å²) in [5.41, 5.74) is 1.10. The first-order chi connectivity index (χ1) is 19.9. The Kier molecular flexibility index (Phi) is 9.19. The van der Waals surface area contributed by atoms with E-state index >= 15 is 0 Å². The van der Waals surface area contributed by atoms with Gasteiger partial charge < -0.3 is 29.2 Å². The van der Waals surface area contributed by atoms with Gasteiger partial charge >= 0.3 is 0 Å². The maximum absolute atomic E-state index is 12.1. The van der Waals surface area contributed by atoms with Crippen molar-refractivity contribution in [2.45, 2.75) is 31.4 Å². The SMILES string of the molecule is C=CC(=O)C[C@H]1CCOC[C@H]1Nc1cc2c(N3CCC(OC)C3)nc(-c3c(Cl)c(OC)cc(OC)c3Cl)cc2cn1. The number of ether oxygens (including phenoxy) is 4. The summed E-state index contributed by atoms with van der Waals surface area (Å²) >= 11 is 13.5. The van der Waals surface area contributed by atoms with Crippen molar-refractivity contribution in [2.75, 3.05) is 57.8 Å². The van der Waals surface area contributed by atoms with E-state index in [1.807, 2.05) is 18.3 Å². The van der Waals surface area contributed by atoms with Crippen LogP contribution in [0.15, 0.2) is 37.1 Å². The molecule has 0 amide bonds. The van der Waals surface area contributed by atoms with Gasteiger partial charge in [0.1, 0.15) is 23.1 Å². The minimum Gasteiger partial charge on any atom is -0.495 e. The predicted molar refractivity (Wildman–Crippen MR) is 162 cm³/mol. The number of nitrogens with zero attached hydrogens (tertiary/aromatic N) is 3. The average Bonchev–Trinajstić information content (AvgIpc) is 3.47. The molecule has 2 aromatic heterocycles. The molecular weight excluding hydrogens is 567 g/mol. The van der Waals surface area contributed by atoms with Gasteiger partial charge in [-0.3, -0.25) is 4.79 Å². The Balaban J connectivity index is 1.59. The van der Waals surface area contributed by atoms with Crippen LogP contribution in [-0.4, -0.2) is 75.5 Å². The third-order valence-corrected chi connectivity index (χ3v) is 8.58. The van der Waals surface area contributed by atoms with Crippen LogP contribution in [0.3, 0.4) is 0 Å². The number of allylic oxidation sites excluding steroid dienone is 1. The van der Waals surface area contributed by atoms with Crippen molar-refractivity contribution in [1.29, 1.82) is 0 Å². The molecule has 11 heteroatoms. The lowest BCUT2D eigenvalue weighted by molar-refractivity contribution is -0.116. The Labute approximate surface area is 249 Å². The lowest BCUT2D eigenvalue weighted by atomic mass is 9.89. The Morgan fingerprint density at radius 2 is 1.93 bits per heavy atom. The first kappa shape index (κ1) is 29.4. The number of nitrogens with one attached hydrogen (secondary N) is 1. The molecule has 41 heavy (non-hydrogen) atoms. The van der Waals surface area contributed by atoms with Crippen LogP contribution in [0.1, 0.15) is 19.3 Å². The number of aromatic nitrogens is 2. The zero-order valence-electron chi connectivity index (χ0n) is 23.4. The lowest BCUT2D eigenvalue weighted by Crippen LogP contribution is -2.39. The van der Waals surface area contributed by atoms with E-state index in [0.29, 0.717) is 64.8 Å². The molecule has 9 nitrogen and oxygen atoms in total. The van der Waals surface area contributed by atoms with Gasteiger partial charge in [-0.15, -0.1) is 0 Å². The van der Waals surface area contributed by atoms with Crippen molar-refractivity contribution >= 4 is 51.4 Å². The van der Waals surface area contributed by atoms with Crippen LogP contribution < -0.4 is 19.7 Å². The van der Waals surface area contributed by atoms with Crippen LogP contribution in [0.4, 0.5) is 11.6 Å². The van der Waals surface area contributed by atoms with Crippen molar-refractivity contribution in [3.63, 3.8) is 0 Å². The number of rotatable bonds is 10. The van der Waals surface area contributed by atoms with Crippen molar-refractivity contribution in [3.05, 3.63) is 47.1 Å². The number of hydrogen-bond donors (Lipinski definition) is 1. The number of anilines is 2. The number of carbonyl (C=O) groups is 1. The van der Waals surface area contributed by atoms with Gasteiger partial charge in [-0.05, 0) is 37.0 Å². The van der Waals surface area contributed by atoms with Crippen LogP contribution in [0.5, 0.6) is 11.5 Å². The highest BCUT2D eigenvalue weighted by Crippen LogP contribution is 2.46. The van der Waals surface area contributed by atoms with Gasteiger partial charge in [-0.25, -0.2) is 9.97 Å². The number of carbonyl (C=O) groups excluding carboxylic acids is 1. The van der Waals surface area contributed by atoms with E-state index in [4.69, 9.17) is 52.1 Å². The van der Waals surface area contributed by atoms with E-state index in [2.05, 4.69) is 16.8 Å². The standard InChI is InChI=1S/C30H34Cl2N4O5/c1-5-19(37)10-17-7-9-41-16-23(17)34-26-12-21-18(14-33-26)11-22(35-30(21)36-8-6-20(15-36)38-2)27-28(31)24(39-3)13-25(40-4)29(27)32/h5,11-14,17,20,23H,1,6-10,15-16H2,2-4H3,(H,33,34)/t17-,20?,23-/m1/s1. The molecular formula is C30H34Cl2N4O5.